The molecule has 0 aliphatic heterocycles. The van der Waals surface area contributed by atoms with Gasteiger partial charge in [0.1, 0.15) is 5.82 Å². The Morgan fingerprint density at radius 1 is 1.19 bits per heavy atom. The van der Waals surface area contributed by atoms with Gasteiger partial charge in [0, 0.05) is 19.7 Å². The van der Waals surface area contributed by atoms with Crippen molar-refractivity contribution in [1.82, 2.24) is 5.32 Å². The van der Waals surface area contributed by atoms with Crippen molar-refractivity contribution in [2.24, 2.45) is 0 Å². The smallest absolute Gasteiger partial charge is 0.123 e. The number of hydrogen-bond acceptors (Lipinski definition) is 3. The second kappa shape index (κ2) is 8.47. The van der Waals surface area contributed by atoms with Gasteiger partial charge >= 0.3 is 0 Å². The minimum Gasteiger partial charge on any atom is -0.379 e. The van der Waals surface area contributed by atoms with Crippen LogP contribution in [0.15, 0.2) is 24.3 Å². The Balaban J connectivity index is 2.62. The summed E-state index contributed by atoms with van der Waals surface area (Å²) in [5.41, 5.74) is 0.790. The molecular weight excluding hydrogens is 269 g/mol. The summed E-state index contributed by atoms with van der Waals surface area (Å²) in [5, 5.41) is 3.37. The lowest BCUT2D eigenvalue weighted by atomic mass is 10.1. The van der Waals surface area contributed by atoms with Crippen LogP contribution in [0.3, 0.4) is 0 Å². The van der Waals surface area contributed by atoms with Gasteiger partial charge in [0.2, 0.25) is 0 Å². The number of nitrogens with one attached hydrogen (secondary N) is 1. The predicted molar refractivity (Wildman–Crippen MR) is 83.9 cm³/mol. The monoisotopic (exact) mass is 297 g/mol. The molecule has 0 aliphatic carbocycles. The van der Waals surface area contributed by atoms with E-state index in [9.17, 15) is 4.39 Å². The van der Waals surface area contributed by atoms with Gasteiger partial charge in [-0.1, -0.05) is 26.0 Å². The second-order valence-corrected chi connectivity index (χ2v) is 6.19. The van der Waals surface area contributed by atoms with E-state index in [1.807, 2.05) is 13.8 Å². The molecule has 1 aromatic carbocycles. The minimum absolute atomic E-state index is 0.0827. The first-order valence-corrected chi connectivity index (χ1v) is 7.49. The number of benzene rings is 1. The summed E-state index contributed by atoms with van der Waals surface area (Å²) in [4.78, 5) is 0. The lowest BCUT2D eigenvalue weighted by molar-refractivity contribution is -0.0275. The number of methoxy groups -OCH3 is 1. The Morgan fingerprint density at radius 2 is 1.81 bits per heavy atom. The molecule has 0 saturated heterocycles. The van der Waals surface area contributed by atoms with Gasteiger partial charge in [0.15, 0.2) is 0 Å². The highest BCUT2D eigenvalue weighted by molar-refractivity contribution is 5.19. The molecule has 1 N–H and O–H groups in total. The molecule has 1 rings (SSSR count). The van der Waals surface area contributed by atoms with Crippen molar-refractivity contribution < 1.29 is 13.9 Å². The van der Waals surface area contributed by atoms with E-state index in [1.54, 1.807) is 19.2 Å². The highest BCUT2D eigenvalue weighted by atomic mass is 19.1. The number of ether oxygens (including phenoxy) is 2. The van der Waals surface area contributed by atoms with E-state index in [0.29, 0.717) is 19.2 Å². The Kier molecular flexibility index (Phi) is 7.29. The van der Waals surface area contributed by atoms with Crippen LogP contribution in [0.5, 0.6) is 0 Å². The van der Waals surface area contributed by atoms with Crippen LogP contribution in [0.1, 0.15) is 45.8 Å². The molecule has 21 heavy (non-hydrogen) atoms. The summed E-state index contributed by atoms with van der Waals surface area (Å²) in [6, 6.07) is 6.89. The van der Waals surface area contributed by atoms with E-state index in [2.05, 4.69) is 19.2 Å². The molecular formula is C17H28FNO2. The molecule has 0 saturated carbocycles. The third-order valence-corrected chi connectivity index (χ3v) is 3.53. The zero-order chi connectivity index (χ0) is 15.9. The Bertz CT molecular complexity index is 404. The maximum absolute atomic E-state index is 13.0. The van der Waals surface area contributed by atoms with Crippen molar-refractivity contribution in [3.8, 4) is 0 Å². The average Bonchev–Trinajstić information content (AvgIpc) is 2.43. The molecule has 0 radical (unpaired) electrons. The fourth-order valence-corrected chi connectivity index (χ4v) is 1.84. The highest BCUT2D eigenvalue weighted by Gasteiger charge is 2.18. The van der Waals surface area contributed by atoms with Crippen LogP contribution >= 0.6 is 0 Å². The average molecular weight is 297 g/mol. The summed E-state index contributed by atoms with van der Waals surface area (Å²) < 4.78 is 24.4. The van der Waals surface area contributed by atoms with E-state index in [4.69, 9.17) is 9.47 Å². The molecule has 0 aliphatic rings. The first kappa shape index (κ1) is 18.1. The molecule has 120 valence electrons. The molecule has 0 fully saturated rings. The van der Waals surface area contributed by atoms with Crippen LogP contribution in [0.2, 0.25) is 0 Å². The minimum atomic E-state index is -0.227. The quantitative estimate of drug-likeness (QED) is 0.754. The molecule has 3 nitrogen and oxygen atoms in total. The van der Waals surface area contributed by atoms with Crippen molar-refractivity contribution in [3.63, 3.8) is 0 Å². The van der Waals surface area contributed by atoms with Crippen LogP contribution in [-0.2, 0) is 9.47 Å². The summed E-state index contributed by atoms with van der Waals surface area (Å²) >= 11 is 0. The molecule has 1 unspecified atom stereocenters. The maximum atomic E-state index is 13.0. The highest BCUT2D eigenvalue weighted by Crippen LogP contribution is 2.20. The van der Waals surface area contributed by atoms with Gasteiger partial charge in [-0.2, -0.15) is 0 Å². The fraction of sp³-hybridized carbons (Fsp3) is 0.647. The van der Waals surface area contributed by atoms with Gasteiger partial charge in [-0.05, 0) is 38.0 Å². The van der Waals surface area contributed by atoms with E-state index in [0.717, 1.165) is 12.0 Å². The maximum Gasteiger partial charge on any atom is 0.123 e. The van der Waals surface area contributed by atoms with E-state index >= 15 is 0 Å². The van der Waals surface area contributed by atoms with Gasteiger partial charge in [0.25, 0.3) is 0 Å². The zero-order valence-electron chi connectivity index (χ0n) is 13.8. The van der Waals surface area contributed by atoms with Crippen molar-refractivity contribution in [1.29, 1.82) is 0 Å². The number of halogens is 1. The van der Waals surface area contributed by atoms with Gasteiger partial charge in [-0.15, -0.1) is 0 Å². The van der Waals surface area contributed by atoms with E-state index in [-0.39, 0.29) is 17.5 Å². The topological polar surface area (TPSA) is 30.5 Å². The molecule has 0 amide bonds. The first-order chi connectivity index (χ1) is 9.84. The van der Waals surface area contributed by atoms with Crippen LogP contribution in [-0.4, -0.2) is 31.9 Å². The SMILES string of the molecule is COC(C)(C)CCOC(CNC(C)C)c1ccc(F)cc1. The van der Waals surface area contributed by atoms with Crippen LogP contribution in [0, 0.1) is 5.82 Å². The first-order valence-electron chi connectivity index (χ1n) is 7.49. The summed E-state index contributed by atoms with van der Waals surface area (Å²) in [6.07, 6.45) is 0.726. The van der Waals surface area contributed by atoms with E-state index in [1.165, 1.54) is 12.1 Å². The molecule has 1 atom stereocenters. The largest absolute Gasteiger partial charge is 0.379 e. The normalized spacial score (nSPS) is 13.7. The Morgan fingerprint density at radius 3 is 2.33 bits per heavy atom. The number of hydrogen-bond donors (Lipinski definition) is 1. The van der Waals surface area contributed by atoms with Crippen molar-refractivity contribution in [2.75, 3.05) is 20.3 Å². The standard InChI is InChI=1S/C17H28FNO2/c1-13(2)19-12-16(14-6-8-15(18)9-7-14)21-11-10-17(3,4)20-5/h6-9,13,16,19H,10-12H2,1-5H3. The summed E-state index contributed by atoms with van der Waals surface area (Å²) in [6.45, 7) is 9.57. The number of rotatable bonds is 9. The lowest BCUT2D eigenvalue weighted by Crippen LogP contribution is -2.30. The molecule has 0 spiro atoms. The predicted octanol–water partition coefficient (Wildman–Crippen LogP) is 3.70. The molecule has 0 bridgehead atoms. The summed E-state index contributed by atoms with van der Waals surface area (Å²) in [7, 11) is 1.71. The zero-order valence-corrected chi connectivity index (χ0v) is 13.8. The third-order valence-electron chi connectivity index (χ3n) is 3.53. The van der Waals surface area contributed by atoms with Crippen LogP contribution < -0.4 is 5.32 Å². The second-order valence-electron chi connectivity index (χ2n) is 6.19. The van der Waals surface area contributed by atoms with Crippen molar-refractivity contribution in [2.45, 2.75) is 51.9 Å². The summed E-state index contributed by atoms with van der Waals surface area (Å²) in [5.74, 6) is -0.227. The van der Waals surface area contributed by atoms with Crippen LogP contribution in [0.4, 0.5) is 4.39 Å². The fourth-order valence-electron chi connectivity index (χ4n) is 1.84. The van der Waals surface area contributed by atoms with Gasteiger partial charge in [-0.3, -0.25) is 0 Å². The van der Waals surface area contributed by atoms with Crippen LogP contribution in [0.25, 0.3) is 0 Å². The van der Waals surface area contributed by atoms with Gasteiger partial charge in [0.05, 0.1) is 18.3 Å². The molecule has 4 heteroatoms. The molecule has 1 aromatic rings. The van der Waals surface area contributed by atoms with Gasteiger partial charge in [-0.25, -0.2) is 4.39 Å². The van der Waals surface area contributed by atoms with Gasteiger partial charge < -0.3 is 14.8 Å². The third kappa shape index (κ3) is 7.02. The van der Waals surface area contributed by atoms with E-state index < -0.39 is 0 Å². The Labute approximate surface area is 127 Å². The molecule has 0 aromatic heterocycles. The van der Waals surface area contributed by atoms with Crippen molar-refractivity contribution >= 4 is 0 Å². The van der Waals surface area contributed by atoms with Crippen molar-refractivity contribution in [3.05, 3.63) is 35.6 Å². The Hall–Kier alpha value is -0.970. The molecule has 0 heterocycles. The lowest BCUT2D eigenvalue weighted by Gasteiger charge is -2.25.